The van der Waals surface area contributed by atoms with E-state index in [1.54, 1.807) is 13.8 Å². The zero-order valence-corrected chi connectivity index (χ0v) is 20.6. The third-order valence-electron chi connectivity index (χ3n) is 5.92. The number of hydrogen-bond donors (Lipinski definition) is 1. The molecule has 1 aromatic heterocycles. The van der Waals surface area contributed by atoms with Crippen molar-refractivity contribution in [2.75, 3.05) is 14.2 Å². The molecule has 174 valence electrons. The lowest BCUT2D eigenvalue weighted by molar-refractivity contribution is -0.137. The number of carbonyl (C=O) groups excluding carboxylic acids is 2. The maximum Gasteiger partial charge on any atom is 0.336 e. The molecule has 6 nitrogen and oxygen atoms in total. The molecule has 1 aliphatic heterocycles. The zero-order chi connectivity index (χ0) is 24.4. The van der Waals surface area contributed by atoms with Gasteiger partial charge in [-0.2, -0.15) is 0 Å². The summed E-state index contributed by atoms with van der Waals surface area (Å²) < 4.78 is 10.2. The second-order valence-corrected chi connectivity index (χ2v) is 8.97. The van der Waals surface area contributed by atoms with Gasteiger partial charge >= 0.3 is 11.9 Å². The largest absolute Gasteiger partial charge is 0.466 e. The van der Waals surface area contributed by atoms with Crippen molar-refractivity contribution in [3.63, 3.8) is 0 Å². The molecule has 0 saturated heterocycles. The molecule has 7 heteroatoms. The van der Waals surface area contributed by atoms with Crippen LogP contribution in [-0.2, 0) is 19.1 Å². The van der Waals surface area contributed by atoms with Crippen molar-refractivity contribution in [2.45, 2.75) is 26.7 Å². The van der Waals surface area contributed by atoms with Crippen LogP contribution in [0.2, 0.25) is 0 Å². The van der Waals surface area contributed by atoms with E-state index in [4.69, 9.17) is 14.5 Å². The van der Waals surface area contributed by atoms with Gasteiger partial charge in [0.05, 0.1) is 37.0 Å². The molecule has 2 aromatic carbocycles. The number of carbonyl (C=O) groups is 2. The molecule has 0 fully saturated rings. The second kappa shape index (κ2) is 9.65. The third kappa shape index (κ3) is 4.26. The summed E-state index contributed by atoms with van der Waals surface area (Å²) in [5, 5.41) is 5.96. The van der Waals surface area contributed by atoms with Crippen molar-refractivity contribution in [3.8, 4) is 21.8 Å². The van der Waals surface area contributed by atoms with Gasteiger partial charge in [-0.15, -0.1) is 11.3 Å². The summed E-state index contributed by atoms with van der Waals surface area (Å²) in [4.78, 5) is 30.7. The zero-order valence-electron chi connectivity index (χ0n) is 19.8. The average molecular weight is 475 g/mol. The molecule has 0 saturated carbocycles. The number of aromatic nitrogens is 1. The predicted molar refractivity (Wildman–Crippen MR) is 133 cm³/mol. The van der Waals surface area contributed by atoms with Crippen molar-refractivity contribution >= 4 is 23.3 Å². The highest BCUT2D eigenvalue weighted by Gasteiger charge is 2.38. The Balaban J connectivity index is 1.89. The number of benzene rings is 2. The van der Waals surface area contributed by atoms with Crippen LogP contribution in [-0.4, -0.2) is 31.1 Å². The van der Waals surface area contributed by atoms with Crippen LogP contribution in [0, 0.1) is 6.92 Å². The lowest BCUT2D eigenvalue weighted by Gasteiger charge is -2.31. The van der Waals surface area contributed by atoms with Crippen LogP contribution in [0.15, 0.2) is 76.5 Å². The molecule has 1 N–H and O–H groups in total. The van der Waals surface area contributed by atoms with Crippen LogP contribution < -0.4 is 5.32 Å². The standard InChI is InChI=1S/C27H26N2O4S/c1-15-10-12-18(13-11-15)21-14-34-25(29-21)20-9-7-6-8-19(20)24-22(26(30)32-4)16(2)28-17(3)23(24)27(31)33-5/h6-14,24,28H,1-5H3. The summed E-state index contributed by atoms with van der Waals surface area (Å²) in [5.41, 5.74) is 6.74. The molecule has 0 amide bonds. The normalized spacial score (nSPS) is 14.1. The predicted octanol–water partition coefficient (Wildman–Crippen LogP) is 5.37. The number of ether oxygens (including phenoxy) is 2. The molecule has 3 aromatic rings. The van der Waals surface area contributed by atoms with Gasteiger partial charge < -0.3 is 14.8 Å². The minimum Gasteiger partial charge on any atom is -0.466 e. The van der Waals surface area contributed by atoms with Crippen LogP contribution in [0.25, 0.3) is 21.8 Å². The van der Waals surface area contributed by atoms with E-state index in [9.17, 15) is 9.59 Å². The van der Waals surface area contributed by atoms with Crippen molar-refractivity contribution in [1.29, 1.82) is 0 Å². The first-order chi connectivity index (χ1) is 16.3. The minimum absolute atomic E-state index is 0.372. The highest BCUT2D eigenvalue weighted by molar-refractivity contribution is 7.13. The Bertz CT molecular complexity index is 1280. The van der Waals surface area contributed by atoms with Gasteiger partial charge in [0.25, 0.3) is 0 Å². The van der Waals surface area contributed by atoms with E-state index in [1.807, 2.05) is 36.6 Å². The molecule has 4 rings (SSSR count). The van der Waals surface area contributed by atoms with Crippen LogP contribution in [0.1, 0.15) is 30.9 Å². The quantitative estimate of drug-likeness (QED) is 0.501. The molecule has 0 aliphatic carbocycles. The number of nitrogens with one attached hydrogen (secondary N) is 1. The highest BCUT2D eigenvalue weighted by Crippen LogP contribution is 2.43. The number of dihydropyridines is 1. The smallest absolute Gasteiger partial charge is 0.336 e. The number of esters is 2. The Morgan fingerprint density at radius 1 is 0.882 bits per heavy atom. The number of hydrogen-bond acceptors (Lipinski definition) is 7. The van der Waals surface area contributed by atoms with Crippen molar-refractivity contribution in [2.24, 2.45) is 0 Å². The van der Waals surface area contributed by atoms with E-state index in [0.717, 1.165) is 27.4 Å². The molecule has 1 aliphatic rings. The number of aryl methyl sites for hydroxylation is 1. The fourth-order valence-corrected chi connectivity index (χ4v) is 5.14. The Kier molecular flexibility index (Phi) is 6.65. The highest BCUT2D eigenvalue weighted by atomic mass is 32.1. The van der Waals surface area contributed by atoms with Crippen molar-refractivity contribution in [1.82, 2.24) is 10.3 Å². The molecule has 34 heavy (non-hydrogen) atoms. The molecule has 0 spiro atoms. The van der Waals surface area contributed by atoms with Crippen LogP contribution in [0.5, 0.6) is 0 Å². The molecular weight excluding hydrogens is 448 g/mol. The molecule has 0 radical (unpaired) electrons. The van der Waals surface area contributed by atoms with Gasteiger partial charge in [-0.3, -0.25) is 0 Å². The molecule has 0 atom stereocenters. The lowest BCUT2D eigenvalue weighted by Crippen LogP contribution is -2.32. The molecule has 0 bridgehead atoms. The summed E-state index contributed by atoms with van der Waals surface area (Å²) in [7, 11) is 2.67. The number of nitrogens with zero attached hydrogens (tertiary/aromatic N) is 1. The van der Waals surface area contributed by atoms with Crippen molar-refractivity contribution in [3.05, 3.63) is 87.6 Å². The number of methoxy groups -OCH3 is 2. The Morgan fingerprint density at radius 3 is 2.06 bits per heavy atom. The minimum atomic E-state index is -0.663. The number of allylic oxidation sites excluding steroid dienone is 2. The summed E-state index contributed by atoms with van der Waals surface area (Å²) >= 11 is 1.52. The topological polar surface area (TPSA) is 77.5 Å². The van der Waals surface area contributed by atoms with E-state index in [0.29, 0.717) is 22.5 Å². The van der Waals surface area contributed by atoms with Gasteiger partial charge in [0.2, 0.25) is 0 Å². The summed E-state index contributed by atoms with van der Waals surface area (Å²) in [6.07, 6.45) is 0. The number of thiazole rings is 1. The van der Waals surface area contributed by atoms with E-state index in [1.165, 1.54) is 31.1 Å². The van der Waals surface area contributed by atoms with Crippen LogP contribution >= 0.6 is 11.3 Å². The van der Waals surface area contributed by atoms with E-state index < -0.39 is 17.9 Å². The summed E-state index contributed by atoms with van der Waals surface area (Å²) in [5.74, 6) is -1.67. The first-order valence-corrected chi connectivity index (χ1v) is 11.7. The maximum atomic E-state index is 12.9. The third-order valence-corrected chi connectivity index (χ3v) is 6.80. The van der Waals surface area contributed by atoms with Gasteiger partial charge in [0.15, 0.2) is 0 Å². The van der Waals surface area contributed by atoms with Crippen LogP contribution in [0.3, 0.4) is 0 Å². The van der Waals surface area contributed by atoms with Gasteiger partial charge in [-0.1, -0.05) is 54.1 Å². The van der Waals surface area contributed by atoms with Gasteiger partial charge in [-0.05, 0) is 26.3 Å². The summed E-state index contributed by atoms with van der Waals surface area (Å²) in [6.45, 7) is 5.66. The first kappa shape index (κ1) is 23.4. The molecule has 2 heterocycles. The second-order valence-electron chi connectivity index (χ2n) is 8.11. The van der Waals surface area contributed by atoms with Crippen LogP contribution in [0.4, 0.5) is 0 Å². The van der Waals surface area contributed by atoms with Gasteiger partial charge in [-0.25, -0.2) is 14.6 Å². The van der Waals surface area contributed by atoms with E-state index >= 15 is 0 Å². The lowest BCUT2D eigenvalue weighted by atomic mass is 9.78. The summed E-state index contributed by atoms with van der Waals surface area (Å²) in [6, 6.07) is 15.9. The Morgan fingerprint density at radius 2 is 1.47 bits per heavy atom. The monoisotopic (exact) mass is 474 g/mol. The Hall–Kier alpha value is -3.71. The molecule has 0 unspecified atom stereocenters. The van der Waals surface area contributed by atoms with E-state index in [-0.39, 0.29) is 0 Å². The van der Waals surface area contributed by atoms with Crippen molar-refractivity contribution < 1.29 is 19.1 Å². The fraction of sp³-hybridized carbons (Fsp3) is 0.222. The fourth-order valence-electron chi connectivity index (χ4n) is 4.26. The van der Waals surface area contributed by atoms with E-state index in [2.05, 4.69) is 29.6 Å². The Labute approximate surface area is 202 Å². The van der Waals surface area contributed by atoms with Gasteiger partial charge in [0.1, 0.15) is 5.01 Å². The maximum absolute atomic E-state index is 12.9. The average Bonchev–Trinajstić information content (AvgIpc) is 3.33. The molecular formula is C27H26N2O4S. The SMILES string of the molecule is COC(=O)C1=C(C)NC(C)=C(C(=O)OC)C1c1ccccc1-c1nc(-c2ccc(C)cc2)cs1. The first-order valence-electron chi connectivity index (χ1n) is 10.8. The van der Waals surface area contributed by atoms with Gasteiger partial charge in [0, 0.05) is 27.9 Å². The number of rotatable bonds is 5.